The molecule has 0 N–H and O–H groups in total. The Labute approximate surface area is 127 Å². The van der Waals surface area contributed by atoms with E-state index in [9.17, 15) is 8.42 Å². The molecule has 0 spiro atoms. The number of rotatable bonds is 4. The van der Waals surface area contributed by atoms with Crippen molar-refractivity contribution in [3.63, 3.8) is 0 Å². The van der Waals surface area contributed by atoms with Gasteiger partial charge in [-0.25, -0.2) is 8.42 Å². The van der Waals surface area contributed by atoms with Crippen molar-refractivity contribution in [2.45, 2.75) is 37.0 Å². The lowest BCUT2D eigenvalue weighted by molar-refractivity contribution is 0.261. The SMILES string of the molecule is CCC1CCCN(S(=O)(=O)c2cc(CCl)oc2Br)C1. The second-order valence-electron chi connectivity index (χ2n) is 4.76. The first-order valence-corrected chi connectivity index (χ1v) is 9.10. The van der Waals surface area contributed by atoms with Crippen LogP contribution in [-0.2, 0) is 15.9 Å². The molecule has 0 aromatic carbocycles. The van der Waals surface area contributed by atoms with Crippen molar-refractivity contribution in [3.8, 4) is 0 Å². The van der Waals surface area contributed by atoms with Crippen molar-refractivity contribution in [1.82, 2.24) is 4.31 Å². The molecule has 1 unspecified atom stereocenters. The lowest BCUT2D eigenvalue weighted by atomic mass is 9.97. The number of furan rings is 1. The summed E-state index contributed by atoms with van der Waals surface area (Å²) < 4.78 is 32.2. The molecule has 2 heterocycles. The molecule has 1 aromatic rings. The standard InChI is InChI=1S/C12H17BrClNO3S/c1-2-9-4-3-5-15(8-9)19(16,17)11-6-10(7-14)18-12(11)13/h6,9H,2-5,7-8H2,1H3. The lowest BCUT2D eigenvalue weighted by Crippen LogP contribution is -2.39. The summed E-state index contributed by atoms with van der Waals surface area (Å²) in [4.78, 5) is 0.180. The van der Waals surface area contributed by atoms with Gasteiger partial charge in [0, 0.05) is 19.2 Å². The minimum Gasteiger partial charge on any atom is -0.452 e. The minimum absolute atomic E-state index is 0.158. The smallest absolute Gasteiger partial charge is 0.247 e. The van der Waals surface area contributed by atoms with E-state index in [2.05, 4.69) is 22.9 Å². The zero-order valence-corrected chi connectivity index (χ0v) is 13.9. The molecule has 4 nitrogen and oxygen atoms in total. The van der Waals surface area contributed by atoms with Gasteiger partial charge < -0.3 is 4.42 Å². The van der Waals surface area contributed by atoms with Gasteiger partial charge in [-0.3, -0.25) is 0 Å². The summed E-state index contributed by atoms with van der Waals surface area (Å²) in [6.45, 7) is 3.26. The predicted molar refractivity (Wildman–Crippen MR) is 77.7 cm³/mol. The zero-order valence-electron chi connectivity index (χ0n) is 10.7. The Morgan fingerprint density at radius 3 is 2.89 bits per heavy atom. The summed E-state index contributed by atoms with van der Waals surface area (Å²) in [6, 6.07) is 1.50. The highest BCUT2D eigenvalue weighted by Crippen LogP contribution is 2.32. The maximum absolute atomic E-state index is 12.6. The average Bonchev–Trinajstić information content (AvgIpc) is 2.81. The van der Waals surface area contributed by atoms with E-state index < -0.39 is 10.0 Å². The number of hydrogen-bond acceptors (Lipinski definition) is 3. The highest BCUT2D eigenvalue weighted by molar-refractivity contribution is 9.10. The van der Waals surface area contributed by atoms with Gasteiger partial charge in [0.25, 0.3) is 0 Å². The second kappa shape index (κ2) is 6.16. The van der Waals surface area contributed by atoms with Crippen molar-refractivity contribution in [2.75, 3.05) is 13.1 Å². The van der Waals surface area contributed by atoms with E-state index in [1.807, 2.05) is 0 Å². The fourth-order valence-corrected chi connectivity index (χ4v) is 5.00. The number of alkyl halides is 1. The summed E-state index contributed by atoms with van der Waals surface area (Å²) >= 11 is 8.83. The normalized spacial score (nSPS) is 21.7. The Morgan fingerprint density at radius 1 is 1.58 bits per heavy atom. The van der Waals surface area contributed by atoms with Crippen LogP contribution in [0.5, 0.6) is 0 Å². The number of piperidine rings is 1. The maximum Gasteiger partial charge on any atom is 0.247 e. The quantitative estimate of drug-likeness (QED) is 0.761. The molecule has 1 fully saturated rings. The van der Waals surface area contributed by atoms with Gasteiger partial charge in [0.05, 0.1) is 5.88 Å². The fraction of sp³-hybridized carbons (Fsp3) is 0.667. The molecule has 1 aliphatic heterocycles. The van der Waals surface area contributed by atoms with Gasteiger partial charge in [-0.2, -0.15) is 4.31 Å². The van der Waals surface area contributed by atoms with Crippen molar-refractivity contribution >= 4 is 37.6 Å². The van der Waals surface area contributed by atoms with Crippen LogP contribution in [0.1, 0.15) is 31.9 Å². The lowest BCUT2D eigenvalue weighted by Gasteiger charge is -2.31. The third kappa shape index (κ3) is 3.17. The van der Waals surface area contributed by atoms with Gasteiger partial charge in [-0.05, 0) is 34.7 Å². The summed E-state index contributed by atoms with van der Waals surface area (Å²) in [5.41, 5.74) is 0. The molecule has 1 saturated heterocycles. The predicted octanol–water partition coefficient (Wildman–Crippen LogP) is 3.59. The van der Waals surface area contributed by atoms with E-state index in [0.717, 1.165) is 19.3 Å². The van der Waals surface area contributed by atoms with Gasteiger partial charge >= 0.3 is 0 Å². The molecule has 1 atom stereocenters. The number of sulfonamides is 1. The summed E-state index contributed by atoms with van der Waals surface area (Å²) in [6.07, 6.45) is 3.02. The van der Waals surface area contributed by atoms with E-state index >= 15 is 0 Å². The fourth-order valence-electron chi connectivity index (χ4n) is 2.36. The first-order chi connectivity index (χ1) is 8.98. The van der Waals surface area contributed by atoms with Gasteiger partial charge in [-0.1, -0.05) is 13.3 Å². The molecule has 0 amide bonds. The molecule has 0 bridgehead atoms. The summed E-state index contributed by atoms with van der Waals surface area (Å²) in [5.74, 6) is 1.06. The van der Waals surface area contributed by atoms with Gasteiger partial charge in [0.15, 0.2) is 4.67 Å². The van der Waals surface area contributed by atoms with Crippen molar-refractivity contribution < 1.29 is 12.8 Å². The molecular formula is C12H17BrClNO3S. The van der Waals surface area contributed by atoms with Crippen LogP contribution in [0.3, 0.4) is 0 Å². The first kappa shape index (κ1) is 15.4. The average molecular weight is 371 g/mol. The topological polar surface area (TPSA) is 50.5 Å². The van der Waals surface area contributed by atoms with Crippen LogP contribution in [0, 0.1) is 5.92 Å². The van der Waals surface area contributed by atoms with Gasteiger partial charge in [0.1, 0.15) is 10.7 Å². The Morgan fingerprint density at radius 2 is 2.32 bits per heavy atom. The second-order valence-corrected chi connectivity index (χ2v) is 7.66. The molecule has 0 aliphatic carbocycles. The monoisotopic (exact) mass is 369 g/mol. The van der Waals surface area contributed by atoms with E-state index in [-0.39, 0.29) is 15.4 Å². The Balaban J connectivity index is 2.28. The molecule has 2 rings (SSSR count). The highest BCUT2D eigenvalue weighted by Gasteiger charge is 2.32. The Bertz CT molecular complexity index is 543. The third-order valence-corrected chi connectivity index (χ3v) is 6.50. The van der Waals surface area contributed by atoms with Crippen molar-refractivity contribution in [3.05, 3.63) is 16.5 Å². The highest BCUT2D eigenvalue weighted by atomic mass is 79.9. The molecule has 19 heavy (non-hydrogen) atoms. The van der Waals surface area contributed by atoms with Crippen LogP contribution >= 0.6 is 27.5 Å². The van der Waals surface area contributed by atoms with Gasteiger partial charge in [-0.15, -0.1) is 11.6 Å². The number of hydrogen-bond donors (Lipinski definition) is 0. The molecule has 1 aliphatic rings. The Hall–Kier alpha value is -0.0400. The largest absolute Gasteiger partial charge is 0.452 e. The molecule has 0 saturated carbocycles. The molecule has 0 radical (unpaired) electrons. The van der Waals surface area contributed by atoms with Crippen LogP contribution in [-0.4, -0.2) is 25.8 Å². The van der Waals surface area contributed by atoms with Crippen LogP contribution in [0.2, 0.25) is 0 Å². The van der Waals surface area contributed by atoms with E-state index in [1.165, 1.54) is 6.07 Å². The third-order valence-electron chi connectivity index (χ3n) is 3.52. The first-order valence-electron chi connectivity index (χ1n) is 6.33. The van der Waals surface area contributed by atoms with Crippen molar-refractivity contribution in [1.29, 1.82) is 0 Å². The summed E-state index contributed by atoms with van der Waals surface area (Å²) in [7, 11) is -3.49. The van der Waals surface area contributed by atoms with Crippen LogP contribution in [0.25, 0.3) is 0 Å². The van der Waals surface area contributed by atoms with Crippen LogP contribution < -0.4 is 0 Å². The molecule has 1 aromatic heterocycles. The van der Waals surface area contributed by atoms with Gasteiger partial charge in [0.2, 0.25) is 10.0 Å². The van der Waals surface area contributed by atoms with Crippen LogP contribution in [0.15, 0.2) is 20.0 Å². The summed E-state index contributed by atoms with van der Waals surface area (Å²) in [5, 5.41) is 0. The minimum atomic E-state index is -3.49. The number of halogens is 2. The maximum atomic E-state index is 12.6. The molecular weight excluding hydrogens is 354 g/mol. The van der Waals surface area contributed by atoms with Crippen molar-refractivity contribution in [2.24, 2.45) is 5.92 Å². The van der Waals surface area contributed by atoms with E-state index in [0.29, 0.717) is 24.8 Å². The molecule has 7 heteroatoms. The van der Waals surface area contributed by atoms with E-state index in [1.54, 1.807) is 4.31 Å². The Kier molecular flexibility index (Phi) is 4.98. The van der Waals surface area contributed by atoms with Crippen LogP contribution in [0.4, 0.5) is 0 Å². The van der Waals surface area contributed by atoms with E-state index in [4.69, 9.17) is 16.0 Å². The zero-order chi connectivity index (χ0) is 14.0. The molecule has 108 valence electrons. The number of nitrogens with zero attached hydrogens (tertiary/aromatic N) is 1.